The molecule has 1 aromatic carbocycles. The molecule has 1 saturated heterocycles. The summed E-state index contributed by atoms with van der Waals surface area (Å²) in [5, 5.41) is 10.5. The van der Waals surface area contributed by atoms with E-state index in [2.05, 4.69) is 0 Å². The standard InChI is InChI=1S/C18H21NO5/c1-12-4-5-14-13(8-12)9-15(24-14)16(20)19-7-3-6-18(10-19,11-23-2)17(21)22/h4-5,8-9H,3,6-7,10-11H2,1-2H3,(H,21,22). The summed E-state index contributed by atoms with van der Waals surface area (Å²) in [6.45, 7) is 2.72. The molecule has 128 valence electrons. The molecule has 2 aromatic rings. The van der Waals surface area contributed by atoms with Crippen LogP contribution in [-0.4, -0.2) is 48.7 Å². The summed E-state index contributed by atoms with van der Waals surface area (Å²) in [5.41, 5.74) is 0.693. The second kappa shape index (κ2) is 6.28. The largest absolute Gasteiger partial charge is 0.481 e. The Kier molecular flexibility index (Phi) is 4.32. The molecule has 0 saturated carbocycles. The van der Waals surface area contributed by atoms with Crippen LogP contribution in [0.2, 0.25) is 0 Å². The molecule has 1 atom stereocenters. The molecule has 0 radical (unpaired) electrons. The van der Waals surface area contributed by atoms with Gasteiger partial charge in [-0.3, -0.25) is 9.59 Å². The Labute approximate surface area is 140 Å². The third-order valence-electron chi connectivity index (χ3n) is 4.62. The van der Waals surface area contributed by atoms with Gasteiger partial charge in [0.15, 0.2) is 5.76 Å². The molecule has 6 nitrogen and oxygen atoms in total. The van der Waals surface area contributed by atoms with Crippen LogP contribution in [0.5, 0.6) is 0 Å². The topological polar surface area (TPSA) is 80.0 Å². The Balaban J connectivity index is 1.86. The fraction of sp³-hybridized carbons (Fsp3) is 0.444. The quantitative estimate of drug-likeness (QED) is 0.932. The second-order valence-corrected chi connectivity index (χ2v) is 6.50. The van der Waals surface area contributed by atoms with Crippen LogP contribution in [-0.2, 0) is 9.53 Å². The van der Waals surface area contributed by atoms with Crippen molar-refractivity contribution in [2.75, 3.05) is 26.8 Å². The summed E-state index contributed by atoms with van der Waals surface area (Å²) >= 11 is 0. The average molecular weight is 331 g/mol. The minimum Gasteiger partial charge on any atom is -0.481 e. The first-order valence-corrected chi connectivity index (χ1v) is 7.97. The summed E-state index contributed by atoms with van der Waals surface area (Å²) in [6.07, 6.45) is 1.13. The summed E-state index contributed by atoms with van der Waals surface area (Å²) in [4.78, 5) is 26.0. The molecule has 1 unspecified atom stereocenters. The number of furan rings is 1. The Bertz CT molecular complexity index is 777. The SMILES string of the molecule is COCC1(C(=O)O)CCCN(C(=O)c2cc3cc(C)ccc3o2)C1. The van der Waals surface area contributed by atoms with Crippen molar-refractivity contribution in [2.45, 2.75) is 19.8 Å². The van der Waals surface area contributed by atoms with E-state index < -0.39 is 11.4 Å². The van der Waals surface area contributed by atoms with Gasteiger partial charge in [-0.1, -0.05) is 11.6 Å². The van der Waals surface area contributed by atoms with E-state index in [1.54, 1.807) is 11.0 Å². The van der Waals surface area contributed by atoms with E-state index in [-0.39, 0.29) is 24.8 Å². The highest BCUT2D eigenvalue weighted by Crippen LogP contribution is 2.32. The van der Waals surface area contributed by atoms with Gasteiger partial charge in [-0.15, -0.1) is 0 Å². The van der Waals surface area contributed by atoms with Crippen molar-refractivity contribution >= 4 is 22.8 Å². The molecule has 0 aliphatic carbocycles. The van der Waals surface area contributed by atoms with Gasteiger partial charge < -0.3 is 19.2 Å². The maximum absolute atomic E-state index is 12.8. The molecular weight excluding hydrogens is 310 g/mol. The average Bonchev–Trinajstić information content (AvgIpc) is 2.97. The zero-order chi connectivity index (χ0) is 17.3. The Hall–Kier alpha value is -2.34. The van der Waals surface area contributed by atoms with E-state index in [1.165, 1.54) is 7.11 Å². The summed E-state index contributed by atoms with van der Waals surface area (Å²) < 4.78 is 10.8. The van der Waals surface area contributed by atoms with Gasteiger partial charge in [0.25, 0.3) is 5.91 Å². The van der Waals surface area contributed by atoms with Gasteiger partial charge in [0.1, 0.15) is 11.0 Å². The summed E-state index contributed by atoms with van der Waals surface area (Å²) in [5.74, 6) is -0.957. The maximum atomic E-state index is 12.8. The van der Waals surface area contributed by atoms with E-state index in [4.69, 9.17) is 9.15 Å². The third kappa shape index (κ3) is 2.89. The van der Waals surface area contributed by atoms with Crippen LogP contribution in [0.3, 0.4) is 0 Å². The third-order valence-corrected chi connectivity index (χ3v) is 4.62. The maximum Gasteiger partial charge on any atom is 0.313 e. The number of ether oxygens (including phenoxy) is 1. The van der Waals surface area contributed by atoms with E-state index in [0.717, 1.165) is 10.9 Å². The first-order chi connectivity index (χ1) is 11.4. The highest BCUT2D eigenvalue weighted by molar-refractivity contribution is 5.96. The minimum atomic E-state index is -1.05. The van der Waals surface area contributed by atoms with Gasteiger partial charge in [-0.25, -0.2) is 0 Å². The smallest absolute Gasteiger partial charge is 0.313 e. The van der Waals surface area contributed by atoms with E-state index >= 15 is 0 Å². The molecule has 1 aliphatic heterocycles. The van der Waals surface area contributed by atoms with Gasteiger partial charge in [0.05, 0.1) is 6.61 Å². The van der Waals surface area contributed by atoms with Crippen LogP contribution in [0.15, 0.2) is 28.7 Å². The Morgan fingerprint density at radius 3 is 2.88 bits per heavy atom. The lowest BCUT2D eigenvalue weighted by Gasteiger charge is -2.39. The van der Waals surface area contributed by atoms with Crippen LogP contribution in [0.25, 0.3) is 11.0 Å². The van der Waals surface area contributed by atoms with Crippen molar-refractivity contribution in [2.24, 2.45) is 5.41 Å². The number of carboxylic acids is 1. The van der Waals surface area contributed by atoms with Crippen LogP contribution < -0.4 is 0 Å². The number of benzene rings is 1. The molecule has 1 aliphatic rings. The van der Waals surface area contributed by atoms with Crippen molar-refractivity contribution in [3.8, 4) is 0 Å². The van der Waals surface area contributed by atoms with Crippen molar-refractivity contribution < 1.29 is 23.8 Å². The van der Waals surface area contributed by atoms with Gasteiger partial charge in [-0.05, 0) is 38.0 Å². The lowest BCUT2D eigenvalue weighted by atomic mass is 9.80. The molecule has 6 heteroatoms. The predicted octanol–water partition coefficient (Wildman–Crippen LogP) is 2.69. The number of carbonyl (C=O) groups is 2. The van der Waals surface area contributed by atoms with Gasteiger partial charge >= 0.3 is 5.97 Å². The molecule has 3 rings (SSSR count). The molecule has 1 N–H and O–H groups in total. The Morgan fingerprint density at radius 2 is 2.17 bits per heavy atom. The van der Waals surface area contributed by atoms with E-state index in [1.807, 2.05) is 25.1 Å². The number of hydrogen-bond acceptors (Lipinski definition) is 4. The molecule has 0 bridgehead atoms. The number of carbonyl (C=O) groups excluding carboxylic acids is 1. The second-order valence-electron chi connectivity index (χ2n) is 6.50. The van der Waals surface area contributed by atoms with Gasteiger partial charge in [-0.2, -0.15) is 0 Å². The van der Waals surface area contributed by atoms with Crippen molar-refractivity contribution in [3.05, 3.63) is 35.6 Å². The highest BCUT2D eigenvalue weighted by atomic mass is 16.5. The molecular formula is C18H21NO5. The number of aliphatic carboxylic acids is 1. The number of likely N-dealkylation sites (tertiary alicyclic amines) is 1. The number of fused-ring (bicyclic) bond motifs is 1. The van der Waals surface area contributed by atoms with Crippen LogP contribution in [0, 0.1) is 12.3 Å². The monoisotopic (exact) mass is 331 g/mol. The molecule has 0 spiro atoms. The first-order valence-electron chi connectivity index (χ1n) is 7.97. The van der Waals surface area contributed by atoms with Gasteiger partial charge in [0.2, 0.25) is 0 Å². The fourth-order valence-corrected chi connectivity index (χ4v) is 3.36. The summed E-state index contributed by atoms with van der Waals surface area (Å²) in [7, 11) is 1.48. The van der Waals surface area contributed by atoms with Gasteiger partial charge in [0, 0.05) is 25.6 Å². The zero-order valence-electron chi connectivity index (χ0n) is 13.9. The lowest BCUT2D eigenvalue weighted by molar-refractivity contribution is -0.155. The molecule has 1 fully saturated rings. The number of carboxylic acid groups (broad SMARTS) is 1. The van der Waals surface area contributed by atoms with Crippen LogP contribution >= 0.6 is 0 Å². The fourth-order valence-electron chi connectivity index (χ4n) is 3.36. The van der Waals surface area contributed by atoms with Crippen molar-refractivity contribution in [1.29, 1.82) is 0 Å². The molecule has 1 aromatic heterocycles. The van der Waals surface area contributed by atoms with Crippen LogP contribution in [0.1, 0.15) is 29.0 Å². The number of piperidine rings is 1. The normalized spacial score (nSPS) is 21.2. The number of nitrogens with zero attached hydrogens (tertiary/aromatic N) is 1. The number of rotatable bonds is 4. The van der Waals surface area contributed by atoms with E-state index in [0.29, 0.717) is 25.0 Å². The Morgan fingerprint density at radius 1 is 1.38 bits per heavy atom. The van der Waals surface area contributed by atoms with Crippen LogP contribution in [0.4, 0.5) is 0 Å². The zero-order valence-corrected chi connectivity index (χ0v) is 13.9. The predicted molar refractivity (Wildman–Crippen MR) is 88.0 cm³/mol. The number of amides is 1. The summed E-state index contributed by atoms with van der Waals surface area (Å²) in [6, 6.07) is 7.44. The first kappa shape index (κ1) is 16.5. The number of methoxy groups -OCH3 is 1. The number of hydrogen-bond donors (Lipinski definition) is 1. The van der Waals surface area contributed by atoms with Crippen molar-refractivity contribution in [1.82, 2.24) is 4.90 Å². The minimum absolute atomic E-state index is 0.0887. The van der Waals surface area contributed by atoms with Crippen molar-refractivity contribution in [3.63, 3.8) is 0 Å². The highest BCUT2D eigenvalue weighted by Gasteiger charge is 2.44. The molecule has 2 heterocycles. The lowest BCUT2D eigenvalue weighted by Crippen LogP contribution is -2.52. The van der Waals surface area contributed by atoms with E-state index in [9.17, 15) is 14.7 Å². The number of aryl methyl sites for hydroxylation is 1. The molecule has 1 amide bonds. The molecule has 24 heavy (non-hydrogen) atoms.